The van der Waals surface area contributed by atoms with Crippen LogP contribution in [0.5, 0.6) is 5.75 Å². The summed E-state index contributed by atoms with van der Waals surface area (Å²) in [5, 5.41) is 11.6. The first-order chi connectivity index (χ1) is 13.4. The number of nitrogens with zero attached hydrogens (tertiary/aromatic N) is 3. The van der Waals surface area contributed by atoms with Gasteiger partial charge in [0.2, 0.25) is 11.0 Å². The van der Waals surface area contributed by atoms with Gasteiger partial charge in [0, 0.05) is 5.69 Å². The van der Waals surface area contributed by atoms with Crippen molar-refractivity contribution in [2.45, 2.75) is 16.5 Å². The number of thioether (sulfide) groups is 1. The maximum atomic E-state index is 12.2. The summed E-state index contributed by atoms with van der Waals surface area (Å²) < 4.78 is 46.7. The standard InChI is InChI=1S/C17H11F3N4O2S2/c18-17(19,20)26-11-7-5-10(6-8-11)21-15-23-24-16(28-15)27-9-14-22-12-3-1-2-4-13(12)25-14/h1-8H,9H2,(H,21,23). The Hall–Kier alpha value is -2.79. The highest BCUT2D eigenvalue weighted by atomic mass is 32.2. The number of ether oxygens (including phenoxy) is 1. The van der Waals surface area contributed by atoms with Crippen LogP contribution in [-0.2, 0) is 5.75 Å². The summed E-state index contributed by atoms with van der Waals surface area (Å²) in [4.78, 5) is 4.40. The van der Waals surface area contributed by atoms with E-state index in [4.69, 9.17) is 4.42 Å². The molecule has 0 amide bonds. The summed E-state index contributed by atoms with van der Waals surface area (Å²) in [6, 6.07) is 12.9. The van der Waals surface area contributed by atoms with Gasteiger partial charge in [-0.2, -0.15) is 0 Å². The molecule has 144 valence electrons. The second kappa shape index (κ2) is 7.68. The molecule has 0 spiro atoms. The molecule has 0 saturated heterocycles. The number of benzene rings is 2. The zero-order chi connectivity index (χ0) is 19.6. The van der Waals surface area contributed by atoms with Gasteiger partial charge in [0.1, 0.15) is 11.3 Å². The Balaban J connectivity index is 1.35. The molecule has 0 radical (unpaired) electrons. The minimum Gasteiger partial charge on any atom is -0.440 e. The van der Waals surface area contributed by atoms with E-state index in [1.54, 1.807) is 0 Å². The van der Waals surface area contributed by atoms with Gasteiger partial charge >= 0.3 is 6.36 Å². The van der Waals surface area contributed by atoms with Gasteiger partial charge in [0.25, 0.3) is 0 Å². The minimum absolute atomic E-state index is 0.287. The third kappa shape index (κ3) is 4.73. The lowest BCUT2D eigenvalue weighted by molar-refractivity contribution is -0.274. The number of oxazole rings is 1. The normalized spacial score (nSPS) is 11.7. The van der Waals surface area contributed by atoms with E-state index in [1.165, 1.54) is 47.4 Å². The van der Waals surface area contributed by atoms with Crippen LogP contribution in [0, 0.1) is 0 Å². The van der Waals surface area contributed by atoms with Crippen LogP contribution in [0.2, 0.25) is 0 Å². The largest absolute Gasteiger partial charge is 0.573 e. The molecule has 0 saturated carbocycles. The predicted molar refractivity (Wildman–Crippen MR) is 99.9 cm³/mol. The molecule has 0 bridgehead atoms. The number of nitrogens with one attached hydrogen (secondary N) is 1. The first kappa shape index (κ1) is 18.6. The fourth-order valence-corrected chi connectivity index (χ4v) is 3.90. The molecular formula is C17H11F3N4O2S2. The number of aromatic nitrogens is 3. The average molecular weight is 424 g/mol. The van der Waals surface area contributed by atoms with Crippen molar-refractivity contribution in [3.8, 4) is 5.75 Å². The highest BCUT2D eigenvalue weighted by molar-refractivity contribution is 8.00. The van der Waals surface area contributed by atoms with Gasteiger partial charge < -0.3 is 14.5 Å². The van der Waals surface area contributed by atoms with E-state index >= 15 is 0 Å². The van der Waals surface area contributed by atoms with Gasteiger partial charge in [0.15, 0.2) is 9.92 Å². The molecule has 6 nitrogen and oxygen atoms in total. The van der Waals surface area contributed by atoms with Gasteiger partial charge in [0.05, 0.1) is 5.75 Å². The molecule has 0 aliphatic heterocycles. The maximum Gasteiger partial charge on any atom is 0.573 e. The molecule has 4 rings (SSSR count). The van der Waals surface area contributed by atoms with E-state index in [0.717, 1.165) is 11.1 Å². The second-order valence-electron chi connectivity index (χ2n) is 5.43. The SMILES string of the molecule is FC(F)(F)Oc1ccc(Nc2nnc(SCc3nc4ccccc4o3)s2)cc1. The first-order valence-corrected chi connectivity index (χ1v) is 9.68. The van der Waals surface area contributed by atoms with Crippen molar-refractivity contribution in [2.75, 3.05) is 5.32 Å². The molecule has 0 aliphatic carbocycles. The van der Waals surface area contributed by atoms with Crippen LogP contribution in [0.15, 0.2) is 57.3 Å². The quantitative estimate of drug-likeness (QED) is 0.403. The van der Waals surface area contributed by atoms with Gasteiger partial charge in [-0.15, -0.1) is 23.4 Å². The number of fused-ring (bicyclic) bond motifs is 1. The van der Waals surface area contributed by atoms with Crippen molar-refractivity contribution >= 4 is 45.0 Å². The number of halogens is 3. The molecule has 2 aromatic heterocycles. The molecule has 0 fully saturated rings. The third-order valence-corrected chi connectivity index (χ3v) is 5.36. The topological polar surface area (TPSA) is 73.1 Å². The summed E-state index contributed by atoms with van der Waals surface area (Å²) in [5.41, 5.74) is 2.10. The molecule has 2 heterocycles. The van der Waals surface area contributed by atoms with Gasteiger partial charge in [-0.25, -0.2) is 4.98 Å². The monoisotopic (exact) mass is 424 g/mol. The summed E-state index contributed by atoms with van der Waals surface area (Å²) in [5.74, 6) is 0.813. The Kier molecular flexibility index (Phi) is 5.09. The number of para-hydroxylation sites is 2. The van der Waals surface area contributed by atoms with Crippen molar-refractivity contribution in [3.63, 3.8) is 0 Å². The number of alkyl halides is 3. The molecule has 0 aliphatic rings. The van der Waals surface area contributed by atoms with Crippen molar-refractivity contribution < 1.29 is 22.3 Å². The molecule has 0 unspecified atom stereocenters. The first-order valence-electron chi connectivity index (χ1n) is 7.88. The van der Waals surface area contributed by atoms with E-state index in [1.807, 2.05) is 24.3 Å². The molecule has 28 heavy (non-hydrogen) atoms. The maximum absolute atomic E-state index is 12.2. The number of hydrogen-bond donors (Lipinski definition) is 1. The fourth-order valence-electron chi connectivity index (χ4n) is 2.29. The Labute approximate surface area is 164 Å². The van der Waals surface area contributed by atoms with Crippen LogP contribution in [0.3, 0.4) is 0 Å². The molecule has 4 aromatic rings. The van der Waals surface area contributed by atoms with Crippen molar-refractivity contribution in [2.24, 2.45) is 0 Å². The fraction of sp³-hybridized carbons (Fsp3) is 0.118. The predicted octanol–water partition coefficient (Wildman–Crippen LogP) is 5.61. The minimum atomic E-state index is -4.71. The van der Waals surface area contributed by atoms with Crippen LogP contribution < -0.4 is 10.1 Å². The average Bonchev–Trinajstić information content (AvgIpc) is 3.26. The molecule has 1 N–H and O–H groups in total. The lowest BCUT2D eigenvalue weighted by atomic mass is 10.3. The second-order valence-corrected chi connectivity index (χ2v) is 7.63. The number of anilines is 2. The van der Waals surface area contributed by atoms with E-state index in [-0.39, 0.29) is 5.75 Å². The number of hydrogen-bond acceptors (Lipinski definition) is 8. The van der Waals surface area contributed by atoms with Crippen molar-refractivity contribution in [1.29, 1.82) is 0 Å². The van der Waals surface area contributed by atoms with Gasteiger partial charge in [-0.3, -0.25) is 0 Å². The lowest BCUT2D eigenvalue weighted by Crippen LogP contribution is -2.16. The van der Waals surface area contributed by atoms with E-state index in [2.05, 4.69) is 25.2 Å². The highest BCUT2D eigenvalue weighted by Gasteiger charge is 2.30. The lowest BCUT2D eigenvalue weighted by Gasteiger charge is -2.09. The summed E-state index contributed by atoms with van der Waals surface area (Å²) in [6.07, 6.45) is -4.71. The Morgan fingerprint density at radius 2 is 1.86 bits per heavy atom. The molecule has 11 heteroatoms. The van der Waals surface area contributed by atoms with Crippen molar-refractivity contribution in [1.82, 2.24) is 15.2 Å². The van der Waals surface area contributed by atoms with Crippen LogP contribution in [0.25, 0.3) is 11.1 Å². The van der Waals surface area contributed by atoms with Gasteiger partial charge in [-0.1, -0.05) is 35.2 Å². The number of rotatable bonds is 6. The van der Waals surface area contributed by atoms with Crippen molar-refractivity contribution in [3.05, 3.63) is 54.4 Å². The highest BCUT2D eigenvalue weighted by Crippen LogP contribution is 2.31. The van der Waals surface area contributed by atoms with Gasteiger partial charge in [-0.05, 0) is 36.4 Å². The summed E-state index contributed by atoms with van der Waals surface area (Å²) >= 11 is 2.75. The Bertz CT molecular complexity index is 1050. The summed E-state index contributed by atoms with van der Waals surface area (Å²) in [7, 11) is 0. The van der Waals surface area contributed by atoms with E-state index < -0.39 is 6.36 Å². The van der Waals surface area contributed by atoms with Crippen LogP contribution in [0.4, 0.5) is 24.0 Å². The molecule has 2 aromatic carbocycles. The van der Waals surface area contributed by atoms with Crippen LogP contribution in [0.1, 0.15) is 5.89 Å². The third-order valence-electron chi connectivity index (χ3n) is 3.40. The van der Waals surface area contributed by atoms with Crippen LogP contribution in [-0.4, -0.2) is 21.5 Å². The molecule has 0 atom stereocenters. The Morgan fingerprint density at radius 1 is 1.07 bits per heavy atom. The van der Waals surface area contributed by atoms with E-state index in [0.29, 0.717) is 26.8 Å². The molecular weight excluding hydrogens is 413 g/mol. The summed E-state index contributed by atoms with van der Waals surface area (Å²) in [6.45, 7) is 0. The van der Waals surface area contributed by atoms with Crippen LogP contribution >= 0.6 is 23.1 Å². The van der Waals surface area contributed by atoms with E-state index in [9.17, 15) is 13.2 Å². The zero-order valence-electron chi connectivity index (χ0n) is 13.9. The Morgan fingerprint density at radius 3 is 2.61 bits per heavy atom. The smallest absolute Gasteiger partial charge is 0.440 e. The zero-order valence-corrected chi connectivity index (χ0v) is 15.6.